The zero-order valence-electron chi connectivity index (χ0n) is 16.3. The summed E-state index contributed by atoms with van der Waals surface area (Å²) < 4.78 is 12.9. The van der Waals surface area contributed by atoms with Crippen molar-refractivity contribution in [1.29, 1.82) is 0 Å². The second kappa shape index (κ2) is 8.41. The van der Waals surface area contributed by atoms with Crippen molar-refractivity contribution in [3.63, 3.8) is 0 Å². The molecule has 148 valence electrons. The number of thiophene rings is 1. The van der Waals surface area contributed by atoms with Crippen LogP contribution >= 0.6 is 11.3 Å². The van der Waals surface area contributed by atoms with Gasteiger partial charge in [0.05, 0.1) is 24.8 Å². The Labute approximate surface area is 173 Å². The lowest BCUT2D eigenvalue weighted by Gasteiger charge is -2.14. The van der Waals surface area contributed by atoms with Crippen LogP contribution in [-0.2, 0) is 17.9 Å². The molecule has 0 bridgehead atoms. The summed E-state index contributed by atoms with van der Waals surface area (Å²) in [4.78, 5) is 13.9. The molecule has 29 heavy (non-hydrogen) atoms. The SMILES string of the molecule is COc1cccc(CNC(=O)Cn2c(-c3cccs3)cc3ccccc32)c1OC. The van der Waals surface area contributed by atoms with Crippen LogP contribution in [0.4, 0.5) is 0 Å². The number of amides is 1. The van der Waals surface area contributed by atoms with Gasteiger partial charge in [-0.25, -0.2) is 0 Å². The van der Waals surface area contributed by atoms with E-state index in [-0.39, 0.29) is 12.5 Å². The molecule has 1 N–H and O–H groups in total. The van der Waals surface area contributed by atoms with E-state index in [9.17, 15) is 4.79 Å². The fourth-order valence-electron chi connectivity index (χ4n) is 3.50. The molecule has 0 saturated heterocycles. The van der Waals surface area contributed by atoms with Gasteiger partial charge in [-0.05, 0) is 29.6 Å². The number of para-hydroxylation sites is 2. The average Bonchev–Trinajstić information content (AvgIpc) is 3.40. The Morgan fingerprint density at radius 3 is 2.66 bits per heavy atom. The lowest BCUT2D eigenvalue weighted by molar-refractivity contribution is -0.121. The second-order valence-corrected chi connectivity index (χ2v) is 7.53. The van der Waals surface area contributed by atoms with Gasteiger partial charge in [-0.3, -0.25) is 4.79 Å². The van der Waals surface area contributed by atoms with Gasteiger partial charge in [0, 0.05) is 23.0 Å². The third kappa shape index (κ3) is 3.84. The van der Waals surface area contributed by atoms with Gasteiger partial charge in [-0.1, -0.05) is 36.4 Å². The highest BCUT2D eigenvalue weighted by molar-refractivity contribution is 7.13. The highest BCUT2D eigenvalue weighted by Crippen LogP contribution is 2.32. The highest BCUT2D eigenvalue weighted by atomic mass is 32.1. The van der Waals surface area contributed by atoms with Gasteiger partial charge in [-0.15, -0.1) is 11.3 Å². The van der Waals surface area contributed by atoms with E-state index in [4.69, 9.17) is 9.47 Å². The third-order valence-electron chi connectivity index (χ3n) is 4.85. The molecule has 2 aromatic carbocycles. The third-order valence-corrected chi connectivity index (χ3v) is 5.74. The van der Waals surface area contributed by atoms with Gasteiger partial charge in [0.2, 0.25) is 5.91 Å². The molecule has 2 aromatic heterocycles. The second-order valence-electron chi connectivity index (χ2n) is 6.58. The fourth-order valence-corrected chi connectivity index (χ4v) is 4.25. The molecular weight excluding hydrogens is 384 g/mol. The largest absolute Gasteiger partial charge is 0.493 e. The van der Waals surface area contributed by atoms with Crippen LogP contribution in [0.5, 0.6) is 11.5 Å². The normalized spacial score (nSPS) is 10.8. The van der Waals surface area contributed by atoms with Crippen LogP contribution in [0.25, 0.3) is 21.5 Å². The molecule has 0 aliphatic rings. The molecule has 4 aromatic rings. The van der Waals surface area contributed by atoms with E-state index in [0.717, 1.165) is 27.0 Å². The molecule has 0 radical (unpaired) electrons. The van der Waals surface area contributed by atoms with Crippen molar-refractivity contribution in [3.8, 4) is 22.1 Å². The molecule has 0 aliphatic heterocycles. The van der Waals surface area contributed by atoms with Crippen molar-refractivity contribution in [2.75, 3.05) is 14.2 Å². The topological polar surface area (TPSA) is 52.5 Å². The van der Waals surface area contributed by atoms with Crippen LogP contribution in [-0.4, -0.2) is 24.7 Å². The number of methoxy groups -OCH3 is 2. The van der Waals surface area contributed by atoms with Gasteiger partial charge in [0.25, 0.3) is 0 Å². The summed E-state index contributed by atoms with van der Waals surface area (Å²) in [6.45, 7) is 0.611. The number of carbonyl (C=O) groups is 1. The number of carbonyl (C=O) groups excluding carboxylic acids is 1. The van der Waals surface area contributed by atoms with Gasteiger partial charge in [0.1, 0.15) is 6.54 Å². The molecule has 2 heterocycles. The average molecular weight is 407 g/mol. The van der Waals surface area contributed by atoms with Gasteiger partial charge in [-0.2, -0.15) is 0 Å². The van der Waals surface area contributed by atoms with Crippen molar-refractivity contribution >= 4 is 28.1 Å². The first kappa shape index (κ1) is 19.1. The van der Waals surface area contributed by atoms with E-state index in [0.29, 0.717) is 18.0 Å². The maximum absolute atomic E-state index is 12.8. The van der Waals surface area contributed by atoms with E-state index in [1.54, 1.807) is 25.6 Å². The number of fused-ring (bicyclic) bond motifs is 1. The number of nitrogens with one attached hydrogen (secondary N) is 1. The number of hydrogen-bond donors (Lipinski definition) is 1. The number of aromatic nitrogens is 1. The van der Waals surface area contributed by atoms with E-state index < -0.39 is 0 Å². The number of benzene rings is 2. The molecule has 5 nitrogen and oxygen atoms in total. The number of nitrogens with zero attached hydrogens (tertiary/aromatic N) is 1. The van der Waals surface area contributed by atoms with E-state index in [1.165, 1.54) is 0 Å². The summed E-state index contributed by atoms with van der Waals surface area (Å²) in [5.74, 6) is 1.23. The first-order valence-electron chi connectivity index (χ1n) is 9.30. The summed E-state index contributed by atoms with van der Waals surface area (Å²) in [5, 5.41) is 6.18. The Kier molecular flexibility index (Phi) is 5.53. The maximum Gasteiger partial charge on any atom is 0.240 e. The van der Waals surface area contributed by atoms with Crippen molar-refractivity contribution in [3.05, 3.63) is 71.6 Å². The minimum atomic E-state index is -0.0611. The predicted octanol–water partition coefficient (Wildman–Crippen LogP) is 4.70. The van der Waals surface area contributed by atoms with Crippen LogP contribution in [0.3, 0.4) is 0 Å². The van der Waals surface area contributed by atoms with E-state index in [1.807, 2.05) is 47.8 Å². The van der Waals surface area contributed by atoms with Crippen LogP contribution < -0.4 is 14.8 Å². The quantitative estimate of drug-likeness (QED) is 0.484. The molecule has 1 amide bonds. The molecule has 0 aliphatic carbocycles. The minimum Gasteiger partial charge on any atom is -0.493 e. The van der Waals surface area contributed by atoms with E-state index in [2.05, 4.69) is 28.1 Å². The van der Waals surface area contributed by atoms with Crippen molar-refractivity contribution in [2.45, 2.75) is 13.1 Å². The van der Waals surface area contributed by atoms with Crippen molar-refractivity contribution in [1.82, 2.24) is 9.88 Å². The molecule has 0 unspecified atom stereocenters. The first-order valence-corrected chi connectivity index (χ1v) is 10.2. The molecule has 4 rings (SSSR count). The zero-order chi connectivity index (χ0) is 20.2. The summed E-state index contributed by atoms with van der Waals surface area (Å²) in [6.07, 6.45) is 0. The Morgan fingerprint density at radius 1 is 1.03 bits per heavy atom. The van der Waals surface area contributed by atoms with Gasteiger partial charge < -0.3 is 19.4 Å². The lowest BCUT2D eigenvalue weighted by Crippen LogP contribution is -2.27. The van der Waals surface area contributed by atoms with Crippen LogP contribution in [0.15, 0.2) is 66.0 Å². The predicted molar refractivity (Wildman–Crippen MR) is 117 cm³/mol. The Hall–Kier alpha value is -3.25. The molecular formula is C23H22N2O3S. The molecule has 0 saturated carbocycles. The van der Waals surface area contributed by atoms with Crippen LogP contribution in [0, 0.1) is 0 Å². The monoisotopic (exact) mass is 406 g/mol. The summed E-state index contributed by atoms with van der Waals surface area (Å²) in [6, 6.07) is 20.0. The maximum atomic E-state index is 12.8. The summed E-state index contributed by atoms with van der Waals surface area (Å²) in [7, 11) is 3.20. The molecule has 0 atom stereocenters. The highest BCUT2D eigenvalue weighted by Gasteiger charge is 2.15. The van der Waals surface area contributed by atoms with Crippen LogP contribution in [0.1, 0.15) is 5.56 Å². The van der Waals surface area contributed by atoms with Crippen molar-refractivity contribution < 1.29 is 14.3 Å². The Morgan fingerprint density at radius 2 is 1.90 bits per heavy atom. The first-order chi connectivity index (χ1) is 14.2. The Bertz CT molecular complexity index is 1130. The van der Waals surface area contributed by atoms with Gasteiger partial charge in [0.15, 0.2) is 11.5 Å². The number of ether oxygens (including phenoxy) is 2. The van der Waals surface area contributed by atoms with Crippen molar-refractivity contribution in [2.24, 2.45) is 0 Å². The zero-order valence-corrected chi connectivity index (χ0v) is 17.2. The molecule has 0 spiro atoms. The molecule has 6 heteroatoms. The minimum absolute atomic E-state index is 0.0611. The van der Waals surface area contributed by atoms with Gasteiger partial charge >= 0.3 is 0 Å². The standard InChI is InChI=1S/C23H22N2O3S/c1-27-20-10-5-8-17(23(20)28-2)14-24-22(26)15-25-18-9-4-3-7-16(18)13-19(25)21-11-6-12-29-21/h3-13H,14-15H2,1-2H3,(H,24,26). The fraction of sp³-hybridized carbons (Fsp3) is 0.174. The van der Waals surface area contributed by atoms with Crippen LogP contribution in [0.2, 0.25) is 0 Å². The number of hydrogen-bond acceptors (Lipinski definition) is 4. The summed E-state index contributed by atoms with van der Waals surface area (Å²) >= 11 is 1.67. The smallest absolute Gasteiger partial charge is 0.240 e. The molecule has 0 fully saturated rings. The Balaban J connectivity index is 1.57. The summed E-state index contributed by atoms with van der Waals surface area (Å²) in [5.41, 5.74) is 2.97. The van der Waals surface area contributed by atoms with E-state index >= 15 is 0 Å². The number of rotatable bonds is 7. The lowest BCUT2D eigenvalue weighted by atomic mass is 10.2.